The third-order valence-corrected chi connectivity index (χ3v) is 1.67. The fraction of sp³-hybridized carbons (Fsp3) is 1.00. The molecule has 0 radical (unpaired) electrons. The summed E-state index contributed by atoms with van der Waals surface area (Å²) in [6.45, 7) is 2.07. The molecule has 7 heteroatoms. The van der Waals surface area contributed by atoms with Crippen LogP contribution < -0.4 is 10.6 Å². The molecule has 0 aromatic carbocycles. The molecule has 0 heterocycles. The van der Waals surface area contributed by atoms with Crippen LogP contribution in [0.4, 0.5) is 0 Å². The highest BCUT2D eigenvalue weighted by atomic mass is 33.1. The molecule has 0 aromatic heterocycles. The average molecular weight is 190 g/mol. The standard InChI is InChI=1S/C2H7NS2.H4NO2P/c1-2-4-5-3;1-4(2)3/h2-3H2,1H3;2-3H,1H2. The fourth-order valence-electron chi connectivity index (χ4n) is 0.0680. The van der Waals surface area contributed by atoms with E-state index >= 15 is 0 Å². The lowest BCUT2D eigenvalue weighted by atomic mass is 11.0. The van der Waals surface area contributed by atoms with Gasteiger partial charge in [0.1, 0.15) is 0 Å². The molecule has 0 saturated carbocycles. The zero-order valence-electron chi connectivity index (χ0n) is 5.02. The molecule has 0 amide bonds. The molecule has 0 aliphatic heterocycles. The molecule has 9 heavy (non-hydrogen) atoms. The van der Waals surface area contributed by atoms with Gasteiger partial charge in [-0.3, -0.25) is 10.6 Å². The van der Waals surface area contributed by atoms with E-state index in [1.807, 2.05) is 0 Å². The van der Waals surface area contributed by atoms with E-state index in [0.717, 1.165) is 5.75 Å². The van der Waals surface area contributed by atoms with Crippen LogP contribution in [0.1, 0.15) is 6.92 Å². The van der Waals surface area contributed by atoms with Crippen LogP contribution in [0.2, 0.25) is 0 Å². The molecule has 6 N–H and O–H groups in total. The maximum absolute atomic E-state index is 7.45. The third-order valence-electron chi connectivity index (χ3n) is 0.186. The van der Waals surface area contributed by atoms with E-state index in [1.54, 1.807) is 10.8 Å². The molecular weight excluding hydrogens is 179 g/mol. The van der Waals surface area contributed by atoms with E-state index in [9.17, 15) is 0 Å². The van der Waals surface area contributed by atoms with Crippen molar-refractivity contribution in [3.63, 3.8) is 0 Å². The van der Waals surface area contributed by atoms with Crippen LogP contribution in [0.5, 0.6) is 0 Å². The van der Waals surface area contributed by atoms with Crippen molar-refractivity contribution >= 4 is 30.3 Å². The lowest BCUT2D eigenvalue weighted by Gasteiger charge is -1.79. The molecule has 0 atom stereocenters. The van der Waals surface area contributed by atoms with Crippen molar-refractivity contribution in [2.45, 2.75) is 6.92 Å². The van der Waals surface area contributed by atoms with E-state index in [2.05, 4.69) is 12.4 Å². The summed E-state index contributed by atoms with van der Waals surface area (Å²) in [5, 5.41) is 5.02. The van der Waals surface area contributed by atoms with Gasteiger partial charge in [0.15, 0.2) is 0 Å². The molecule has 0 spiro atoms. The van der Waals surface area contributed by atoms with Gasteiger partial charge in [-0.1, -0.05) is 17.7 Å². The molecule has 4 nitrogen and oxygen atoms in total. The second-order valence-electron chi connectivity index (χ2n) is 0.823. The lowest BCUT2D eigenvalue weighted by Crippen LogP contribution is -1.78. The predicted octanol–water partition coefficient (Wildman–Crippen LogP) is 0.418. The van der Waals surface area contributed by atoms with E-state index < -0.39 is 8.53 Å². The Kier molecular flexibility index (Phi) is 16.5. The van der Waals surface area contributed by atoms with E-state index in [4.69, 9.17) is 14.9 Å². The van der Waals surface area contributed by atoms with Gasteiger partial charge in [-0.05, 0) is 11.0 Å². The lowest BCUT2D eigenvalue weighted by molar-refractivity contribution is 0.485. The van der Waals surface area contributed by atoms with Crippen LogP contribution in [-0.2, 0) is 0 Å². The molecule has 0 saturated heterocycles. The Morgan fingerprint density at radius 2 is 1.89 bits per heavy atom. The average Bonchev–Trinajstić information content (AvgIpc) is 1.66. The summed E-state index contributed by atoms with van der Waals surface area (Å²) >= 11 is 0. The first-order chi connectivity index (χ1) is 4.15. The Labute approximate surface area is 63.9 Å². The van der Waals surface area contributed by atoms with Crippen molar-refractivity contribution in [1.82, 2.24) is 0 Å². The van der Waals surface area contributed by atoms with E-state index in [0.29, 0.717) is 0 Å². The summed E-state index contributed by atoms with van der Waals surface area (Å²) < 4.78 is 0. The minimum absolute atomic E-state index is 1.10. The van der Waals surface area contributed by atoms with Gasteiger partial charge < -0.3 is 9.79 Å². The summed E-state index contributed by atoms with van der Waals surface area (Å²) in [4.78, 5) is 14.9. The van der Waals surface area contributed by atoms with Crippen LogP contribution in [0.15, 0.2) is 0 Å². The predicted molar refractivity (Wildman–Crippen MR) is 45.5 cm³/mol. The van der Waals surface area contributed by atoms with Crippen molar-refractivity contribution in [1.29, 1.82) is 0 Å². The molecular formula is C2H11N2O2PS2. The Morgan fingerprint density at radius 3 is 1.89 bits per heavy atom. The highest BCUT2D eigenvalue weighted by Crippen LogP contribution is 2.10. The summed E-state index contributed by atoms with van der Waals surface area (Å²) in [6.07, 6.45) is 0. The normalized spacial score (nSPS) is 8.67. The molecule has 58 valence electrons. The molecule has 0 aromatic rings. The maximum atomic E-state index is 7.45. The molecule has 0 rings (SSSR count). The number of rotatable bonds is 2. The van der Waals surface area contributed by atoms with Gasteiger partial charge in [0.05, 0.1) is 0 Å². The second-order valence-corrected chi connectivity index (χ2v) is 3.75. The van der Waals surface area contributed by atoms with Crippen LogP contribution in [0, 0.1) is 0 Å². The van der Waals surface area contributed by atoms with Gasteiger partial charge in [0, 0.05) is 5.75 Å². The Morgan fingerprint density at radius 1 is 1.56 bits per heavy atom. The maximum Gasteiger partial charge on any atom is 0.247 e. The summed E-state index contributed by atoms with van der Waals surface area (Å²) in [6, 6.07) is 0. The van der Waals surface area contributed by atoms with Gasteiger partial charge in [0.2, 0.25) is 8.53 Å². The topological polar surface area (TPSA) is 92.5 Å². The summed E-state index contributed by atoms with van der Waals surface area (Å²) in [7, 11) is 0.855. The van der Waals surface area contributed by atoms with Crippen molar-refractivity contribution in [3.8, 4) is 0 Å². The van der Waals surface area contributed by atoms with Crippen LogP contribution in [-0.4, -0.2) is 15.5 Å². The third kappa shape index (κ3) is 49.4. The Hall–Kier alpha value is 0.970. The van der Waals surface area contributed by atoms with Crippen LogP contribution in [0.3, 0.4) is 0 Å². The van der Waals surface area contributed by atoms with Crippen molar-refractivity contribution in [3.05, 3.63) is 0 Å². The first-order valence-corrected chi connectivity index (χ1v) is 5.75. The summed E-state index contributed by atoms with van der Waals surface area (Å²) in [5.74, 6) is 1.10. The quantitative estimate of drug-likeness (QED) is 0.286. The van der Waals surface area contributed by atoms with Crippen molar-refractivity contribution in [2.24, 2.45) is 10.6 Å². The molecule has 0 aliphatic carbocycles. The first-order valence-electron chi connectivity index (χ1n) is 2.06. The SMILES string of the molecule is CCSSN.NP(O)O. The van der Waals surface area contributed by atoms with Gasteiger partial charge in [-0.15, -0.1) is 0 Å². The monoisotopic (exact) mass is 190 g/mol. The second kappa shape index (κ2) is 11.7. The fourth-order valence-corrected chi connectivity index (χ4v) is 0.612. The summed E-state index contributed by atoms with van der Waals surface area (Å²) in [5.41, 5.74) is 4.29. The molecule has 0 unspecified atom stereocenters. The van der Waals surface area contributed by atoms with E-state index in [-0.39, 0.29) is 0 Å². The largest absolute Gasteiger partial charge is 0.338 e. The number of nitrogens with two attached hydrogens (primary N) is 2. The Balaban J connectivity index is 0. The smallest absolute Gasteiger partial charge is 0.247 e. The minimum Gasteiger partial charge on any atom is -0.338 e. The minimum atomic E-state index is -2.12. The number of hydrogen-bond acceptors (Lipinski definition) is 6. The zero-order valence-corrected chi connectivity index (χ0v) is 7.55. The highest BCUT2D eigenvalue weighted by Gasteiger charge is 1.72. The van der Waals surface area contributed by atoms with Gasteiger partial charge in [-0.2, -0.15) is 0 Å². The van der Waals surface area contributed by atoms with Crippen molar-refractivity contribution < 1.29 is 9.79 Å². The van der Waals surface area contributed by atoms with Gasteiger partial charge in [-0.25, -0.2) is 0 Å². The van der Waals surface area contributed by atoms with Gasteiger partial charge in [0.25, 0.3) is 0 Å². The van der Waals surface area contributed by atoms with Crippen molar-refractivity contribution in [2.75, 3.05) is 5.75 Å². The van der Waals surface area contributed by atoms with Crippen LogP contribution in [0.25, 0.3) is 0 Å². The van der Waals surface area contributed by atoms with Gasteiger partial charge >= 0.3 is 0 Å². The number of hydrogen-bond donors (Lipinski definition) is 4. The molecule has 0 bridgehead atoms. The first kappa shape index (κ1) is 12.6. The molecule has 0 aliphatic rings. The Bertz CT molecular complexity index is 44.8. The van der Waals surface area contributed by atoms with E-state index in [1.165, 1.54) is 11.0 Å². The zero-order chi connectivity index (χ0) is 7.70. The van der Waals surface area contributed by atoms with Crippen LogP contribution >= 0.6 is 30.3 Å². The molecule has 0 fully saturated rings. The highest BCUT2D eigenvalue weighted by molar-refractivity contribution is 8.75.